The Bertz CT molecular complexity index is 679. The van der Waals surface area contributed by atoms with E-state index in [1.807, 2.05) is 13.8 Å². The van der Waals surface area contributed by atoms with Gasteiger partial charge in [0.2, 0.25) is 0 Å². The van der Waals surface area contributed by atoms with E-state index in [0.717, 1.165) is 0 Å². The van der Waals surface area contributed by atoms with Crippen LogP contribution in [0.2, 0.25) is 0 Å². The molecule has 7 nitrogen and oxygen atoms in total. The molecule has 0 aliphatic rings. The number of hydrogen-bond acceptors (Lipinski definition) is 4. The quantitative estimate of drug-likeness (QED) is 0.673. The zero-order chi connectivity index (χ0) is 15.4. The third kappa shape index (κ3) is 2.91. The number of aryl methyl sites for hydroxylation is 1. The molecule has 0 aliphatic heterocycles. The minimum Gasteiger partial charge on any atom is -0.352 e. The number of nitrogens with one attached hydrogen (secondary N) is 1. The topological polar surface area (TPSA) is 90.1 Å². The summed E-state index contributed by atoms with van der Waals surface area (Å²) in [5.74, 6) is 0.443. The lowest BCUT2D eigenvalue weighted by molar-refractivity contribution is -0.384. The van der Waals surface area contributed by atoms with Crippen molar-refractivity contribution in [3.05, 3.63) is 52.1 Å². The van der Waals surface area contributed by atoms with E-state index in [9.17, 15) is 14.9 Å². The van der Waals surface area contributed by atoms with E-state index in [0.29, 0.717) is 30.0 Å². The molecule has 0 bridgehead atoms. The minimum atomic E-state index is -0.462. The van der Waals surface area contributed by atoms with Gasteiger partial charge >= 0.3 is 0 Å². The number of rotatable bonds is 5. The lowest BCUT2D eigenvalue weighted by Gasteiger charge is -2.09. The number of benzene rings is 1. The fourth-order valence-electron chi connectivity index (χ4n) is 2.09. The summed E-state index contributed by atoms with van der Waals surface area (Å²) in [6.45, 7) is 4.23. The first-order chi connectivity index (χ1) is 10.1. The number of aromatic nitrogens is 2. The molecule has 1 aromatic heterocycles. The van der Waals surface area contributed by atoms with Gasteiger partial charge in [0.15, 0.2) is 0 Å². The molecule has 2 aromatic rings. The molecule has 0 saturated heterocycles. The zero-order valence-electron chi connectivity index (χ0n) is 11.9. The number of carbonyl (C=O) groups excluding carboxylic acids is 1. The van der Waals surface area contributed by atoms with Crippen LogP contribution < -0.4 is 5.32 Å². The molecule has 21 heavy (non-hydrogen) atoms. The molecule has 0 saturated carbocycles. The van der Waals surface area contributed by atoms with Gasteiger partial charge in [-0.05, 0) is 19.1 Å². The standard InChI is InChI=1S/C14H16N4O3/c1-3-13-16-7-8-17(13)12-9-10(14(19)15-4-2)5-6-11(12)18(20)21/h5-9H,3-4H2,1-2H3,(H,15,19). The Morgan fingerprint density at radius 2 is 2.19 bits per heavy atom. The lowest BCUT2D eigenvalue weighted by atomic mass is 10.1. The number of carbonyl (C=O) groups is 1. The van der Waals surface area contributed by atoms with Crippen LogP contribution in [0.4, 0.5) is 5.69 Å². The first-order valence-electron chi connectivity index (χ1n) is 6.67. The summed E-state index contributed by atoms with van der Waals surface area (Å²) in [7, 11) is 0. The van der Waals surface area contributed by atoms with Gasteiger partial charge in [-0.15, -0.1) is 0 Å². The van der Waals surface area contributed by atoms with Crippen LogP contribution in [-0.4, -0.2) is 26.9 Å². The van der Waals surface area contributed by atoms with Gasteiger partial charge in [-0.25, -0.2) is 4.98 Å². The van der Waals surface area contributed by atoms with E-state index in [4.69, 9.17) is 0 Å². The van der Waals surface area contributed by atoms with Gasteiger partial charge < -0.3 is 5.32 Å². The van der Waals surface area contributed by atoms with E-state index >= 15 is 0 Å². The number of amides is 1. The second-order valence-electron chi connectivity index (χ2n) is 4.39. The highest BCUT2D eigenvalue weighted by Gasteiger charge is 2.19. The van der Waals surface area contributed by atoms with Gasteiger partial charge in [0.1, 0.15) is 11.5 Å². The highest BCUT2D eigenvalue weighted by Crippen LogP contribution is 2.25. The molecular weight excluding hydrogens is 272 g/mol. The van der Waals surface area contributed by atoms with Crippen molar-refractivity contribution in [2.24, 2.45) is 0 Å². The molecule has 1 amide bonds. The summed E-state index contributed by atoms with van der Waals surface area (Å²) in [6.07, 6.45) is 3.87. The lowest BCUT2D eigenvalue weighted by Crippen LogP contribution is -2.22. The first kappa shape index (κ1) is 14.7. The van der Waals surface area contributed by atoms with Gasteiger partial charge in [0.25, 0.3) is 11.6 Å². The summed E-state index contributed by atoms with van der Waals surface area (Å²) in [6, 6.07) is 4.32. The summed E-state index contributed by atoms with van der Waals surface area (Å²) < 4.78 is 1.64. The van der Waals surface area contributed by atoms with Gasteiger partial charge in [0.05, 0.1) is 4.92 Å². The maximum atomic E-state index is 11.9. The van der Waals surface area contributed by atoms with Crippen molar-refractivity contribution < 1.29 is 9.72 Å². The van der Waals surface area contributed by atoms with E-state index in [-0.39, 0.29) is 11.6 Å². The normalized spacial score (nSPS) is 10.4. The molecule has 110 valence electrons. The number of nitrogens with zero attached hydrogens (tertiary/aromatic N) is 3. The van der Waals surface area contributed by atoms with Gasteiger partial charge in [-0.3, -0.25) is 19.5 Å². The highest BCUT2D eigenvalue weighted by atomic mass is 16.6. The molecular formula is C14H16N4O3. The SMILES string of the molecule is CCNC(=O)c1ccc([N+](=O)[O-])c(-n2ccnc2CC)c1. The third-order valence-corrected chi connectivity index (χ3v) is 3.06. The molecule has 0 fully saturated rings. The Kier molecular flexibility index (Phi) is 4.32. The van der Waals surface area contributed by atoms with E-state index in [1.54, 1.807) is 17.0 Å². The van der Waals surface area contributed by atoms with Crippen LogP contribution in [0.25, 0.3) is 5.69 Å². The van der Waals surface area contributed by atoms with Crippen molar-refractivity contribution in [1.29, 1.82) is 0 Å². The van der Waals surface area contributed by atoms with Crippen LogP contribution >= 0.6 is 0 Å². The van der Waals surface area contributed by atoms with Crippen molar-refractivity contribution in [3.63, 3.8) is 0 Å². The van der Waals surface area contributed by atoms with Gasteiger partial charge in [-0.1, -0.05) is 6.92 Å². The molecule has 1 heterocycles. The highest BCUT2D eigenvalue weighted by molar-refractivity contribution is 5.95. The van der Waals surface area contributed by atoms with Gasteiger partial charge in [0, 0.05) is 37.0 Å². The van der Waals surface area contributed by atoms with E-state index in [1.165, 1.54) is 18.2 Å². The summed E-state index contributed by atoms with van der Waals surface area (Å²) in [5.41, 5.74) is 0.669. The van der Waals surface area contributed by atoms with Crippen LogP contribution in [0.15, 0.2) is 30.6 Å². The molecule has 0 unspecified atom stereocenters. The minimum absolute atomic E-state index is 0.0595. The molecule has 1 aromatic carbocycles. The maximum Gasteiger partial charge on any atom is 0.293 e. The second-order valence-corrected chi connectivity index (χ2v) is 4.39. The van der Waals surface area contributed by atoms with Crippen molar-refractivity contribution in [1.82, 2.24) is 14.9 Å². The summed E-state index contributed by atoms with van der Waals surface area (Å²) in [5, 5.41) is 13.9. The summed E-state index contributed by atoms with van der Waals surface area (Å²) in [4.78, 5) is 26.8. The van der Waals surface area contributed by atoms with E-state index in [2.05, 4.69) is 10.3 Å². The van der Waals surface area contributed by atoms with Crippen molar-refractivity contribution in [3.8, 4) is 5.69 Å². The molecule has 2 rings (SSSR count). The van der Waals surface area contributed by atoms with Crippen molar-refractivity contribution >= 4 is 11.6 Å². The molecule has 7 heteroatoms. The largest absolute Gasteiger partial charge is 0.352 e. The number of hydrogen-bond donors (Lipinski definition) is 1. The van der Waals surface area contributed by atoms with Crippen LogP contribution in [-0.2, 0) is 6.42 Å². The Labute approximate surface area is 121 Å². The molecule has 0 radical (unpaired) electrons. The zero-order valence-corrected chi connectivity index (χ0v) is 11.9. The third-order valence-electron chi connectivity index (χ3n) is 3.06. The molecule has 1 N–H and O–H groups in total. The van der Waals surface area contributed by atoms with Crippen LogP contribution in [0.3, 0.4) is 0 Å². The van der Waals surface area contributed by atoms with Crippen molar-refractivity contribution in [2.75, 3.05) is 6.54 Å². The van der Waals surface area contributed by atoms with Gasteiger partial charge in [-0.2, -0.15) is 0 Å². The van der Waals surface area contributed by atoms with Crippen LogP contribution in [0.1, 0.15) is 30.0 Å². The molecule has 0 atom stereocenters. The monoisotopic (exact) mass is 288 g/mol. The fourth-order valence-corrected chi connectivity index (χ4v) is 2.09. The Morgan fingerprint density at radius 1 is 1.43 bits per heavy atom. The fraction of sp³-hybridized carbons (Fsp3) is 0.286. The number of nitro benzene ring substituents is 1. The predicted molar refractivity (Wildman–Crippen MR) is 77.6 cm³/mol. The average Bonchev–Trinajstić information content (AvgIpc) is 2.95. The predicted octanol–water partition coefficient (Wildman–Crippen LogP) is 2.09. The van der Waals surface area contributed by atoms with Crippen LogP contribution in [0, 0.1) is 10.1 Å². The number of nitro groups is 1. The Balaban J connectivity index is 2.57. The Hall–Kier alpha value is -2.70. The smallest absolute Gasteiger partial charge is 0.293 e. The molecule has 0 spiro atoms. The number of imidazole rings is 1. The van der Waals surface area contributed by atoms with Crippen LogP contribution in [0.5, 0.6) is 0 Å². The van der Waals surface area contributed by atoms with Crippen molar-refractivity contribution in [2.45, 2.75) is 20.3 Å². The Morgan fingerprint density at radius 3 is 2.81 bits per heavy atom. The first-order valence-corrected chi connectivity index (χ1v) is 6.67. The molecule has 0 aliphatic carbocycles. The second kappa shape index (κ2) is 6.17. The van der Waals surface area contributed by atoms with E-state index < -0.39 is 4.92 Å². The maximum absolute atomic E-state index is 11.9. The summed E-state index contributed by atoms with van der Waals surface area (Å²) >= 11 is 0. The average molecular weight is 288 g/mol.